The van der Waals surface area contributed by atoms with Crippen molar-refractivity contribution in [2.75, 3.05) is 31.1 Å². The van der Waals surface area contributed by atoms with E-state index in [0.717, 1.165) is 10.8 Å². The van der Waals surface area contributed by atoms with Gasteiger partial charge < -0.3 is 9.80 Å². The minimum Gasteiger partial charge on any atom is -0.345 e. The van der Waals surface area contributed by atoms with Gasteiger partial charge >= 0.3 is 6.03 Å². The zero-order chi connectivity index (χ0) is 17.8. The molecule has 0 atom stereocenters. The van der Waals surface area contributed by atoms with Crippen molar-refractivity contribution in [1.82, 2.24) is 20.7 Å². The minimum atomic E-state index is -0.495. The summed E-state index contributed by atoms with van der Waals surface area (Å²) >= 11 is 1.59. The van der Waals surface area contributed by atoms with E-state index in [1.54, 1.807) is 16.2 Å². The summed E-state index contributed by atoms with van der Waals surface area (Å²) in [7, 11) is 0. The normalized spacial score (nSPS) is 14.3. The van der Waals surface area contributed by atoms with Crippen LogP contribution in [0.4, 0.5) is 14.3 Å². The highest BCUT2D eigenvalue weighted by molar-refractivity contribution is 7.13. The second kappa shape index (κ2) is 7.47. The van der Waals surface area contributed by atoms with E-state index < -0.39 is 11.7 Å². The molecule has 0 spiro atoms. The Morgan fingerprint density at radius 2 is 1.80 bits per heavy atom. The third-order valence-corrected chi connectivity index (χ3v) is 4.85. The van der Waals surface area contributed by atoms with Crippen molar-refractivity contribution in [2.24, 2.45) is 0 Å². The van der Waals surface area contributed by atoms with Crippen molar-refractivity contribution in [3.63, 3.8) is 0 Å². The lowest BCUT2D eigenvalue weighted by atomic mass is 10.2. The van der Waals surface area contributed by atoms with Gasteiger partial charge in [-0.15, -0.1) is 11.3 Å². The van der Waals surface area contributed by atoms with Gasteiger partial charge in [0.15, 0.2) is 5.13 Å². The van der Waals surface area contributed by atoms with Crippen LogP contribution >= 0.6 is 11.3 Å². The van der Waals surface area contributed by atoms with Gasteiger partial charge in [-0.3, -0.25) is 10.2 Å². The molecule has 2 N–H and O–H groups in total. The van der Waals surface area contributed by atoms with Crippen LogP contribution in [0, 0.1) is 12.7 Å². The smallest absolute Gasteiger partial charge is 0.336 e. The van der Waals surface area contributed by atoms with E-state index in [2.05, 4.69) is 20.7 Å². The molecule has 3 rings (SSSR count). The zero-order valence-corrected chi connectivity index (χ0v) is 14.5. The Hall–Kier alpha value is -2.68. The highest BCUT2D eigenvalue weighted by Gasteiger charge is 2.23. The Bertz CT molecular complexity index is 756. The fourth-order valence-electron chi connectivity index (χ4n) is 2.45. The fourth-order valence-corrected chi connectivity index (χ4v) is 3.31. The largest absolute Gasteiger partial charge is 0.345 e. The lowest BCUT2D eigenvalue weighted by Gasteiger charge is -2.34. The van der Waals surface area contributed by atoms with Crippen molar-refractivity contribution in [3.05, 3.63) is 46.7 Å². The van der Waals surface area contributed by atoms with Crippen LogP contribution < -0.4 is 15.8 Å². The molecule has 1 saturated heterocycles. The SMILES string of the molecule is Cc1csc(N2CCN(C(=O)NNC(=O)c3ccc(F)cc3)CC2)n1. The molecule has 0 saturated carbocycles. The van der Waals surface area contributed by atoms with Gasteiger partial charge in [0, 0.05) is 37.1 Å². The van der Waals surface area contributed by atoms with E-state index in [1.165, 1.54) is 24.3 Å². The molecule has 0 bridgehead atoms. The Morgan fingerprint density at radius 3 is 2.40 bits per heavy atom. The summed E-state index contributed by atoms with van der Waals surface area (Å²) in [6.07, 6.45) is 0. The summed E-state index contributed by atoms with van der Waals surface area (Å²) in [5, 5.41) is 2.96. The van der Waals surface area contributed by atoms with E-state index in [-0.39, 0.29) is 11.6 Å². The molecule has 25 heavy (non-hydrogen) atoms. The van der Waals surface area contributed by atoms with Crippen LogP contribution in [0.5, 0.6) is 0 Å². The lowest BCUT2D eigenvalue weighted by Crippen LogP contribution is -2.55. The van der Waals surface area contributed by atoms with Crippen LogP contribution in [0.2, 0.25) is 0 Å². The number of carbonyl (C=O) groups excluding carboxylic acids is 2. The van der Waals surface area contributed by atoms with Gasteiger partial charge in [-0.2, -0.15) is 0 Å². The Labute approximate surface area is 148 Å². The Balaban J connectivity index is 1.46. The number of anilines is 1. The van der Waals surface area contributed by atoms with Crippen LogP contribution in [0.25, 0.3) is 0 Å². The highest BCUT2D eigenvalue weighted by Crippen LogP contribution is 2.21. The summed E-state index contributed by atoms with van der Waals surface area (Å²) in [6.45, 7) is 4.40. The van der Waals surface area contributed by atoms with E-state index in [4.69, 9.17) is 0 Å². The van der Waals surface area contributed by atoms with Gasteiger partial charge in [0.25, 0.3) is 5.91 Å². The molecule has 2 heterocycles. The molecule has 1 aliphatic rings. The molecule has 1 aromatic carbocycles. The molecule has 2 aromatic rings. The number of hydrogen-bond acceptors (Lipinski definition) is 5. The van der Waals surface area contributed by atoms with Crippen LogP contribution in [-0.4, -0.2) is 48.0 Å². The molecule has 3 amide bonds. The monoisotopic (exact) mass is 363 g/mol. The highest BCUT2D eigenvalue weighted by atomic mass is 32.1. The number of halogens is 1. The number of carbonyl (C=O) groups is 2. The van der Waals surface area contributed by atoms with Crippen molar-refractivity contribution in [3.8, 4) is 0 Å². The van der Waals surface area contributed by atoms with Crippen molar-refractivity contribution >= 4 is 28.4 Å². The summed E-state index contributed by atoms with van der Waals surface area (Å²) in [5.74, 6) is -0.917. The van der Waals surface area contributed by atoms with E-state index in [9.17, 15) is 14.0 Å². The van der Waals surface area contributed by atoms with Crippen molar-refractivity contribution < 1.29 is 14.0 Å². The van der Waals surface area contributed by atoms with Crippen LogP contribution in [-0.2, 0) is 0 Å². The third-order valence-electron chi connectivity index (χ3n) is 3.83. The average molecular weight is 363 g/mol. The number of piperazine rings is 1. The maximum absolute atomic E-state index is 12.8. The molecular weight excluding hydrogens is 345 g/mol. The first kappa shape index (κ1) is 17.2. The van der Waals surface area contributed by atoms with Crippen LogP contribution in [0.1, 0.15) is 16.1 Å². The maximum Gasteiger partial charge on any atom is 0.336 e. The standard InChI is InChI=1S/C16H18FN5O2S/c1-11-10-25-16(18-11)22-8-6-21(7-9-22)15(24)20-19-14(23)12-2-4-13(17)5-3-12/h2-5,10H,6-9H2,1H3,(H,19,23)(H,20,24). The summed E-state index contributed by atoms with van der Waals surface area (Å²) in [6, 6.07) is 4.72. The van der Waals surface area contributed by atoms with Crippen LogP contribution in [0.3, 0.4) is 0 Å². The summed E-state index contributed by atoms with van der Waals surface area (Å²) in [4.78, 5) is 32.3. The number of hydrogen-bond donors (Lipinski definition) is 2. The molecule has 1 aromatic heterocycles. The maximum atomic E-state index is 12.8. The molecular formula is C16H18FN5O2S. The number of benzene rings is 1. The second-order valence-corrected chi connectivity index (χ2v) is 6.47. The Kier molecular flexibility index (Phi) is 5.13. The number of nitrogens with zero attached hydrogens (tertiary/aromatic N) is 3. The first-order valence-corrected chi connectivity index (χ1v) is 8.69. The molecule has 0 aliphatic carbocycles. The molecule has 0 unspecified atom stereocenters. The van der Waals surface area contributed by atoms with Crippen molar-refractivity contribution in [2.45, 2.75) is 6.92 Å². The number of thiazole rings is 1. The Morgan fingerprint density at radius 1 is 1.12 bits per heavy atom. The van der Waals surface area contributed by atoms with Gasteiger partial charge in [0.1, 0.15) is 5.82 Å². The van der Waals surface area contributed by atoms with Gasteiger partial charge in [-0.25, -0.2) is 19.6 Å². The molecule has 7 nitrogen and oxygen atoms in total. The molecule has 9 heteroatoms. The zero-order valence-electron chi connectivity index (χ0n) is 13.7. The third kappa shape index (κ3) is 4.24. The average Bonchev–Trinajstić information content (AvgIpc) is 3.06. The lowest BCUT2D eigenvalue weighted by molar-refractivity contribution is 0.0929. The van der Waals surface area contributed by atoms with Crippen LogP contribution in [0.15, 0.2) is 29.6 Å². The van der Waals surface area contributed by atoms with E-state index in [1.807, 2.05) is 12.3 Å². The summed E-state index contributed by atoms with van der Waals surface area (Å²) in [5.41, 5.74) is 5.98. The number of rotatable bonds is 2. The minimum absolute atomic E-state index is 0.269. The predicted molar refractivity (Wildman–Crippen MR) is 93.0 cm³/mol. The first-order chi connectivity index (χ1) is 12.0. The number of aryl methyl sites for hydroxylation is 1. The molecule has 1 aliphatic heterocycles. The van der Waals surface area contributed by atoms with Gasteiger partial charge in [0.05, 0.1) is 5.69 Å². The van der Waals surface area contributed by atoms with E-state index in [0.29, 0.717) is 26.2 Å². The topological polar surface area (TPSA) is 77.6 Å². The molecule has 1 fully saturated rings. The predicted octanol–water partition coefficient (Wildman–Crippen LogP) is 1.77. The summed E-state index contributed by atoms with van der Waals surface area (Å²) < 4.78 is 12.8. The van der Waals surface area contributed by atoms with Gasteiger partial charge in [0.2, 0.25) is 0 Å². The number of amides is 3. The van der Waals surface area contributed by atoms with Crippen molar-refractivity contribution in [1.29, 1.82) is 0 Å². The fraction of sp³-hybridized carbons (Fsp3) is 0.312. The molecule has 132 valence electrons. The number of aromatic nitrogens is 1. The quantitative estimate of drug-likeness (QED) is 0.797. The van der Waals surface area contributed by atoms with Gasteiger partial charge in [-0.05, 0) is 31.2 Å². The number of nitrogens with one attached hydrogen (secondary N) is 2. The van der Waals surface area contributed by atoms with Gasteiger partial charge in [-0.1, -0.05) is 0 Å². The first-order valence-electron chi connectivity index (χ1n) is 7.81. The molecule has 0 radical (unpaired) electrons. The second-order valence-electron chi connectivity index (χ2n) is 5.64. The van der Waals surface area contributed by atoms with E-state index >= 15 is 0 Å². The number of hydrazine groups is 1. The number of urea groups is 1.